The summed E-state index contributed by atoms with van der Waals surface area (Å²) in [6.07, 6.45) is -1.47. The van der Waals surface area contributed by atoms with Crippen molar-refractivity contribution >= 4 is 74.3 Å². The number of hydrogen-bond donors (Lipinski definition) is 3. The first-order valence-corrected chi connectivity index (χ1v) is 18.3. The van der Waals surface area contributed by atoms with Gasteiger partial charge in [0.05, 0.1) is 47.4 Å². The van der Waals surface area contributed by atoms with E-state index in [1.165, 1.54) is 37.4 Å². The number of carbonyl (C=O) groups is 1. The lowest BCUT2D eigenvalue weighted by molar-refractivity contribution is 0.0975. The summed E-state index contributed by atoms with van der Waals surface area (Å²) < 4.78 is 53.4. The first-order valence-electron chi connectivity index (χ1n) is 15.4. The Labute approximate surface area is 315 Å². The van der Waals surface area contributed by atoms with E-state index < -0.39 is 34.5 Å². The number of aryl methyl sites for hydroxylation is 2. The second-order valence-electron chi connectivity index (χ2n) is 11.1. The lowest BCUT2D eigenvalue weighted by Crippen LogP contribution is -2.36. The lowest BCUT2D eigenvalue weighted by atomic mass is 10.1. The fraction of sp³-hybridized carbons (Fsp3) is 0.235. The summed E-state index contributed by atoms with van der Waals surface area (Å²) >= 11 is 8.42. The molecule has 18 heteroatoms. The van der Waals surface area contributed by atoms with Crippen molar-refractivity contribution in [1.29, 1.82) is 0 Å². The van der Waals surface area contributed by atoms with E-state index in [1.807, 2.05) is 18.7 Å². The molecule has 0 saturated carbocycles. The highest BCUT2D eigenvalue weighted by Crippen LogP contribution is 2.38. The molecular formula is C34H32Cl2N6O8S2. The SMILES string of the molecule is [C-]#[N+]C(N=Nc1cc(Cl)c(OS(=O)Nc2ccc(N3CCOCC3)c(OS(=O)Nc3cc(C)c(C)cc3O)c2)cc1Cl)C(=O)c1ccc(OC)cc1. The Morgan fingerprint density at radius 3 is 2.31 bits per heavy atom. The number of carbonyl (C=O) groups excluding carboxylic acids is 1. The highest BCUT2D eigenvalue weighted by atomic mass is 35.5. The number of ketones is 1. The van der Waals surface area contributed by atoms with Crippen LogP contribution in [-0.4, -0.2) is 58.9 Å². The molecule has 1 heterocycles. The molecule has 4 aromatic carbocycles. The molecule has 272 valence electrons. The Balaban J connectivity index is 1.28. The molecule has 1 fully saturated rings. The fourth-order valence-electron chi connectivity index (χ4n) is 4.80. The molecule has 14 nitrogen and oxygen atoms in total. The molecule has 0 bridgehead atoms. The summed E-state index contributed by atoms with van der Waals surface area (Å²) in [6, 6.07) is 16.9. The Morgan fingerprint density at radius 1 is 0.942 bits per heavy atom. The molecule has 1 aliphatic rings. The number of halogens is 2. The van der Waals surface area contributed by atoms with Gasteiger partial charge in [-0.1, -0.05) is 28.3 Å². The van der Waals surface area contributed by atoms with Crippen LogP contribution >= 0.6 is 23.2 Å². The number of hydrogen-bond acceptors (Lipinski definition) is 11. The van der Waals surface area contributed by atoms with Crippen molar-refractivity contribution in [1.82, 2.24) is 0 Å². The van der Waals surface area contributed by atoms with E-state index in [0.717, 1.165) is 11.1 Å². The number of phenolic OH excluding ortho intramolecular Hbond substituents is 1. The maximum absolute atomic E-state index is 13.1. The lowest BCUT2D eigenvalue weighted by Gasteiger charge is -2.30. The van der Waals surface area contributed by atoms with Crippen molar-refractivity contribution in [2.45, 2.75) is 20.0 Å². The van der Waals surface area contributed by atoms with Gasteiger partial charge in [0.25, 0.3) is 5.78 Å². The standard InChI is InChI=1S/C34H32Cl2N6O8S2/c1-20-15-28(30(43)16-21(20)2)41-52(46)50-32-17-23(7-10-29(32)42-11-13-48-14-12-42)40-51(45)49-31-19-25(35)27(18-26(31)36)38-39-34(37-3)33(44)22-5-8-24(47-4)9-6-22/h5-10,15-19,34,40-41,43H,11-14H2,1-2,4H3. The Kier molecular flexibility index (Phi) is 12.9. The quantitative estimate of drug-likeness (QED) is 0.0508. The highest BCUT2D eigenvalue weighted by molar-refractivity contribution is 7.82. The smallest absolute Gasteiger partial charge is 0.395 e. The average Bonchev–Trinajstić information content (AvgIpc) is 3.13. The summed E-state index contributed by atoms with van der Waals surface area (Å²) in [5.74, 6) is 0.0260. The van der Waals surface area contributed by atoms with Gasteiger partial charge in [0.15, 0.2) is 11.5 Å². The van der Waals surface area contributed by atoms with Crippen molar-refractivity contribution in [3.63, 3.8) is 0 Å². The zero-order valence-corrected chi connectivity index (χ0v) is 31.1. The van der Waals surface area contributed by atoms with E-state index in [1.54, 1.807) is 36.4 Å². The number of anilines is 3. The molecule has 52 heavy (non-hydrogen) atoms. The maximum Gasteiger partial charge on any atom is 0.395 e. The van der Waals surface area contributed by atoms with Crippen LogP contribution in [0.25, 0.3) is 4.85 Å². The second kappa shape index (κ2) is 17.5. The van der Waals surface area contributed by atoms with Crippen LogP contribution in [-0.2, 0) is 27.3 Å². The largest absolute Gasteiger partial charge is 0.506 e. The second-order valence-corrected chi connectivity index (χ2v) is 13.6. The number of phenols is 1. The zero-order valence-electron chi connectivity index (χ0n) is 27.9. The van der Waals surface area contributed by atoms with Crippen LogP contribution < -0.4 is 27.4 Å². The van der Waals surface area contributed by atoms with Crippen LogP contribution in [0.1, 0.15) is 21.5 Å². The molecule has 1 aliphatic heterocycles. The number of nitrogens with zero attached hydrogens (tertiary/aromatic N) is 4. The number of ether oxygens (including phenoxy) is 2. The van der Waals surface area contributed by atoms with Crippen LogP contribution in [0.4, 0.5) is 22.7 Å². The number of azo groups is 1. The number of rotatable bonds is 14. The predicted molar refractivity (Wildman–Crippen MR) is 201 cm³/mol. The Morgan fingerprint density at radius 2 is 1.62 bits per heavy atom. The third kappa shape index (κ3) is 9.69. The zero-order chi connectivity index (χ0) is 37.4. The minimum atomic E-state index is -2.22. The third-order valence-corrected chi connectivity index (χ3v) is 9.71. The van der Waals surface area contributed by atoms with E-state index in [2.05, 4.69) is 24.5 Å². The van der Waals surface area contributed by atoms with Gasteiger partial charge in [-0.05, 0) is 79.6 Å². The molecule has 0 amide bonds. The number of aromatic hydroxyl groups is 1. The number of morpholine rings is 1. The molecule has 5 rings (SSSR count). The maximum atomic E-state index is 13.1. The summed E-state index contributed by atoms with van der Waals surface area (Å²) in [5.41, 5.74) is 3.18. The number of nitrogens with one attached hydrogen (secondary N) is 2. The van der Waals surface area contributed by atoms with Gasteiger partial charge >= 0.3 is 28.7 Å². The van der Waals surface area contributed by atoms with Gasteiger partial charge < -0.3 is 27.8 Å². The van der Waals surface area contributed by atoms with Gasteiger partial charge in [-0.15, -0.1) is 5.11 Å². The summed E-state index contributed by atoms with van der Waals surface area (Å²) in [4.78, 5) is 18.0. The minimum Gasteiger partial charge on any atom is -0.506 e. The average molecular weight is 788 g/mol. The van der Waals surface area contributed by atoms with Gasteiger partial charge in [-0.3, -0.25) is 19.1 Å². The van der Waals surface area contributed by atoms with Crippen molar-refractivity contribution in [2.75, 3.05) is 47.8 Å². The Hall–Kier alpha value is -4.92. The summed E-state index contributed by atoms with van der Waals surface area (Å²) in [5, 5.41) is 18.1. The highest BCUT2D eigenvalue weighted by Gasteiger charge is 2.25. The molecule has 0 spiro atoms. The topological polar surface area (TPSA) is 165 Å². The van der Waals surface area contributed by atoms with E-state index >= 15 is 0 Å². The van der Waals surface area contributed by atoms with Gasteiger partial charge in [0.2, 0.25) is 0 Å². The van der Waals surface area contributed by atoms with Gasteiger partial charge in [0.1, 0.15) is 17.2 Å². The Bertz CT molecular complexity index is 2070. The van der Waals surface area contributed by atoms with Gasteiger partial charge in [-0.25, -0.2) is 6.57 Å². The molecule has 0 radical (unpaired) electrons. The summed E-state index contributed by atoms with van der Waals surface area (Å²) in [6.45, 7) is 13.2. The van der Waals surface area contributed by atoms with Crippen LogP contribution in [0.15, 0.2) is 77.0 Å². The molecule has 4 aromatic rings. The number of benzene rings is 4. The van der Waals surface area contributed by atoms with Crippen LogP contribution in [0.2, 0.25) is 10.0 Å². The first-order chi connectivity index (χ1) is 24.9. The molecule has 3 N–H and O–H groups in total. The van der Waals surface area contributed by atoms with E-state index in [4.69, 9.17) is 47.6 Å². The van der Waals surface area contributed by atoms with Crippen molar-refractivity contribution in [3.05, 3.63) is 105 Å². The van der Waals surface area contributed by atoms with Crippen molar-refractivity contribution in [2.24, 2.45) is 10.2 Å². The predicted octanol–water partition coefficient (Wildman–Crippen LogP) is 7.51. The van der Waals surface area contributed by atoms with E-state index in [9.17, 15) is 18.3 Å². The third-order valence-electron chi connectivity index (χ3n) is 7.66. The van der Waals surface area contributed by atoms with Gasteiger partial charge in [-0.2, -0.15) is 8.42 Å². The minimum absolute atomic E-state index is 0.00360. The number of Topliss-reactive ketones (excluding diaryl/α,β-unsaturated/α-hetero) is 1. The van der Waals surface area contributed by atoms with E-state index in [-0.39, 0.29) is 49.9 Å². The van der Waals surface area contributed by atoms with Crippen molar-refractivity contribution < 1.29 is 36.2 Å². The fourth-order valence-corrected chi connectivity index (χ4v) is 6.58. The normalized spacial score (nSPS) is 14.6. The number of methoxy groups -OCH3 is 1. The molecule has 3 unspecified atom stereocenters. The molecule has 1 saturated heterocycles. The van der Waals surface area contributed by atoms with E-state index in [0.29, 0.717) is 37.7 Å². The molecular weight excluding hydrogens is 755 g/mol. The molecule has 0 aliphatic carbocycles. The van der Waals surface area contributed by atoms with Crippen LogP contribution in [0, 0.1) is 20.4 Å². The summed E-state index contributed by atoms with van der Waals surface area (Å²) in [7, 11) is 1.50. The van der Waals surface area contributed by atoms with Crippen LogP contribution in [0.5, 0.6) is 23.0 Å². The first kappa shape index (κ1) is 38.3. The molecule has 3 atom stereocenters. The van der Waals surface area contributed by atoms with Crippen molar-refractivity contribution in [3.8, 4) is 23.0 Å². The van der Waals surface area contributed by atoms with Gasteiger partial charge in [0, 0.05) is 30.8 Å². The molecule has 0 aromatic heterocycles. The van der Waals surface area contributed by atoms with Crippen LogP contribution in [0.3, 0.4) is 0 Å². The monoisotopic (exact) mass is 786 g/mol.